The molecule has 1 aromatic carbocycles. The van der Waals surface area contributed by atoms with Gasteiger partial charge in [0.15, 0.2) is 0 Å². The van der Waals surface area contributed by atoms with Gasteiger partial charge in [-0.3, -0.25) is 4.79 Å². The molecule has 0 aliphatic heterocycles. The van der Waals surface area contributed by atoms with Gasteiger partial charge in [0.05, 0.1) is 0 Å². The third-order valence-electron chi connectivity index (χ3n) is 3.16. The number of halogens is 1. The van der Waals surface area contributed by atoms with Crippen molar-refractivity contribution in [1.82, 2.24) is 5.32 Å². The summed E-state index contributed by atoms with van der Waals surface area (Å²) in [6.45, 7) is 9.09. The zero-order chi connectivity index (χ0) is 15.8. The van der Waals surface area contributed by atoms with Crippen molar-refractivity contribution in [2.45, 2.75) is 46.6 Å². The average Bonchev–Trinajstić information content (AvgIpc) is 2.40. The van der Waals surface area contributed by atoms with Gasteiger partial charge in [-0.15, -0.1) is 0 Å². The molecule has 0 atom stereocenters. The van der Waals surface area contributed by atoms with E-state index in [1.807, 2.05) is 19.9 Å². The highest BCUT2D eigenvalue weighted by Gasteiger charge is 2.09. The molecule has 0 fully saturated rings. The molecule has 0 aliphatic carbocycles. The Morgan fingerprint density at radius 1 is 1.24 bits per heavy atom. The molecule has 1 N–H and O–H groups in total. The van der Waals surface area contributed by atoms with Crippen LogP contribution in [0.4, 0.5) is 4.39 Å². The summed E-state index contributed by atoms with van der Waals surface area (Å²) in [6.07, 6.45) is 0.991. The molecule has 0 saturated carbocycles. The Morgan fingerprint density at radius 2 is 1.95 bits per heavy atom. The molecule has 0 saturated heterocycles. The summed E-state index contributed by atoms with van der Waals surface area (Å²) < 4.78 is 19.1. The molecule has 0 heterocycles. The smallest absolute Gasteiger partial charge is 0.135 e. The van der Waals surface area contributed by atoms with Crippen LogP contribution in [0.5, 0.6) is 5.75 Å². The number of carbonyl (C=O) groups is 1. The maximum Gasteiger partial charge on any atom is 0.135 e. The van der Waals surface area contributed by atoms with Gasteiger partial charge in [-0.25, -0.2) is 4.39 Å². The second-order valence-electron chi connectivity index (χ2n) is 5.87. The zero-order valence-corrected chi connectivity index (χ0v) is 13.4. The second-order valence-corrected chi connectivity index (χ2v) is 5.87. The van der Waals surface area contributed by atoms with E-state index in [-0.39, 0.29) is 17.5 Å². The monoisotopic (exact) mass is 295 g/mol. The number of rotatable bonds is 9. The molecular formula is C17H26FNO2. The third kappa shape index (κ3) is 7.23. The molecule has 0 aliphatic rings. The number of hydrogen-bond acceptors (Lipinski definition) is 3. The normalized spacial score (nSPS) is 11.2. The number of benzene rings is 1. The van der Waals surface area contributed by atoms with Crippen LogP contribution < -0.4 is 10.1 Å². The van der Waals surface area contributed by atoms with E-state index in [0.717, 1.165) is 12.1 Å². The van der Waals surface area contributed by atoms with E-state index in [0.29, 0.717) is 31.2 Å². The molecule has 1 rings (SSSR count). The van der Waals surface area contributed by atoms with E-state index in [9.17, 15) is 9.18 Å². The molecule has 4 heteroatoms. The number of carbonyl (C=O) groups excluding carboxylic acids is 1. The summed E-state index contributed by atoms with van der Waals surface area (Å²) in [4.78, 5) is 11.6. The van der Waals surface area contributed by atoms with Crippen LogP contribution in [0.2, 0.25) is 0 Å². The maximum absolute atomic E-state index is 13.6. The molecule has 21 heavy (non-hydrogen) atoms. The second kappa shape index (κ2) is 8.78. The predicted octanol–water partition coefficient (Wildman–Crippen LogP) is 3.36. The molecule has 0 amide bonds. The maximum atomic E-state index is 13.6. The van der Waals surface area contributed by atoms with Crippen molar-refractivity contribution in [3.8, 4) is 5.75 Å². The molecule has 3 nitrogen and oxygen atoms in total. The van der Waals surface area contributed by atoms with Gasteiger partial charge < -0.3 is 10.1 Å². The molecule has 118 valence electrons. The lowest BCUT2D eigenvalue weighted by Crippen LogP contribution is -2.27. The molecule has 0 unspecified atom stereocenters. The van der Waals surface area contributed by atoms with Crippen molar-refractivity contribution in [3.63, 3.8) is 0 Å². The van der Waals surface area contributed by atoms with E-state index in [4.69, 9.17) is 4.74 Å². The van der Waals surface area contributed by atoms with Crippen LogP contribution in [0.25, 0.3) is 0 Å². The van der Waals surface area contributed by atoms with Crippen LogP contribution in [-0.2, 0) is 11.2 Å². The SMILES string of the molecule is CC(C)NCCOc1cc(F)cc(CCC(=O)C(C)C)c1. The molecular weight excluding hydrogens is 269 g/mol. The van der Waals surface area contributed by atoms with Crippen molar-refractivity contribution in [3.05, 3.63) is 29.6 Å². The van der Waals surface area contributed by atoms with Gasteiger partial charge in [0.25, 0.3) is 0 Å². The average molecular weight is 295 g/mol. The van der Waals surface area contributed by atoms with Gasteiger partial charge >= 0.3 is 0 Å². The van der Waals surface area contributed by atoms with Crippen molar-refractivity contribution < 1.29 is 13.9 Å². The fourth-order valence-corrected chi connectivity index (χ4v) is 1.92. The molecule has 1 aromatic rings. The first-order chi connectivity index (χ1) is 9.88. The minimum absolute atomic E-state index is 0.0244. The number of ketones is 1. The van der Waals surface area contributed by atoms with Crippen molar-refractivity contribution in [2.75, 3.05) is 13.2 Å². The Bertz CT molecular complexity index is 458. The Labute approximate surface area is 126 Å². The Hall–Kier alpha value is -1.42. The summed E-state index contributed by atoms with van der Waals surface area (Å²) in [5.41, 5.74) is 0.802. The van der Waals surface area contributed by atoms with Crippen LogP contribution in [0.15, 0.2) is 18.2 Å². The fraction of sp³-hybridized carbons (Fsp3) is 0.588. The topological polar surface area (TPSA) is 38.3 Å². The standard InChI is InChI=1S/C17H26FNO2/c1-12(2)17(20)6-5-14-9-15(18)11-16(10-14)21-8-7-19-13(3)4/h9-13,19H,5-8H2,1-4H3. The number of hydrogen-bond donors (Lipinski definition) is 1. The van der Waals surface area contributed by atoms with Gasteiger partial charge in [-0.1, -0.05) is 27.7 Å². The highest BCUT2D eigenvalue weighted by atomic mass is 19.1. The minimum atomic E-state index is -0.323. The molecule has 0 spiro atoms. The Morgan fingerprint density at radius 3 is 2.57 bits per heavy atom. The van der Waals surface area contributed by atoms with Gasteiger partial charge in [0.1, 0.15) is 24.0 Å². The lowest BCUT2D eigenvalue weighted by atomic mass is 10.0. The first kappa shape index (κ1) is 17.6. The Balaban J connectivity index is 2.52. The first-order valence-electron chi connectivity index (χ1n) is 7.57. The number of ether oxygens (including phenoxy) is 1. The van der Waals surface area contributed by atoms with E-state index < -0.39 is 0 Å². The van der Waals surface area contributed by atoms with Crippen LogP contribution >= 0.6 is 0 Å². The molecule has 0 bridgehead atoms. The summed E-state index contributed by atoms with van der Waals surface area (Å²) in [5.74, 6) is 0.420. The first-order valence-corrected chi connectivity index (χ1v) is 7.57. The van der Waals surface area contributed by atoms with E-state index >= 15 is 0 Å². The summed E-state index contributed by atoms with van der Waals surface area (Å²) >= 11 is 0. The number of aryl methyl sites for hydroxylation is 1. The van der Waals surface area contributed by atoms with Crippen molar-refractivity contribution >= 4 is 5.78 Å². The van der Waals surface area contributed by atoms with Crippen molar-refractivity contribution in [2.24, 2.45) is 5.92 Å². The zero-order valence-electron chi connectivity index (χ0n) is 13.4. The van der Waals surface area contributed by atoms with E-state index in [1.165, 1.54) is 12.1 Å². The van der Waals surface area contributed by atoms with Crippen LogP contribution in [0, 0.1) is 11.7 Å². The summed E-state index contributed by atoms with van der Waals surface area (Å²) in [7, 11) is 0. The quantitative estimate of drug-likeness (QED) is 0.710. The van der Waals surface area contributed by atoms with Crippen molar-refractivity contribution in [1.29, 1.82) is 0 Å². The van der Waals surface area contributed by atoms with E-state index in [2.05, 4.69) is 19.2 Å². The van der Waals surface area contributed by atoms with Crippen LogP contribution in [-0.4, -0.2) is 25.0 Å². The Kier molecular flexibility index (Phi) is 7.37. The van der Waals surface area contributed by atoms with Gasteiger partial charge in [-0.2, -0.15) is 0 Å². The van der Waals surface area contributed by atoms with E-state index in [1.54, 1.807) is 0 Å². The number of nitrogens with one attached hydrogen (secondary N) is 1. The van der Waals surface area contributed by atoms with Crippen LogP contribution in [0.3, 0.4) is 0 Å². The van der Waals surface area contributed by atoms with Gasteiger partial charge in [0, 0.05) is 31.0 Å². The lowest BCUT2D eigenvalue weighted by Gasteiger charge is -2.11. The highest BCUT2D eigenvalue weighted by molar-refractivity contribution is 5.80. The third-order valence-corrected chi connectivity index (χ3v) is 3.16. The highest BCUT2D eigenvalue weighted by Crippen LogP contribution is 2.18. The van der Waals surface area contributed by atoms with Gasteiger partial charge in [-0.05, 0) is 24.1 Å². The molecule has 0 aromatic heterocycles. The largest absolute Gasteiger partial charge is 0.492 e. The predicted molar refractivity (Wildman–Crippen MR) is 83.2 cm³/mol. The van der Waals surface area contributed by atoms with Crippen LogP contribution in [0.1, 0.15) is 39.7 Å². The van der Waals surface area contributed by atoms with Gasteiger partial charge in [0.2, 0.25) is 0 Å². The number of Topliss-reactive ketones (excluding diaryl/α,β-unsaturated/α-hetero) is 1. The summed E-state index contributed by atoms with van der Waals surface area (Å²) in [5, 5.41) is 3.23. The lowest BCUT2D eigenvalue weighted by molar-refractivity contribution is -0.121. The fourth-order valence-electron chi connectivity index (χ4n) is 1.92. The summed E-state index contributed by atoms with van der Waals surface area (Å²) in [6, 6.07) is 5.06. The molecule has 0 radical (unpaired) electrons. The minimum Gasteiger partial charge on any atom is -0.492 e.